The Hall–Kier alpha value is -2.87. The van der Waals surface area contributed by atoms with Crippen molar-refractivity contribution < 1.29 is 17.6 Å². The van der Waals surface area contributed by atoms with Crippen molar-refractivity contribution in [3.63, 3.8) is 0 Å². The molecule has 3 aromatic rings. The lowest BCUT2D eigenvalue weighted by Gasteiger charge is -2.31. The summed E-state index contributed by atoms with van der Waals surface area (Å²) in [4.78, 5) is 19.6. The van der Waals surface area contributed by atoms with Gasteiger partial charge in [-0.15, -0.1) is 0 Å². The van der Waals surface area contributed by atoms with Gasteiger partial charge in [-0.25, -0.2) is 13.4 Å². The Morgan fingerprint density at radius 3 is 2.80 bits per heavy atom. The maximum absolute atomic E-state index is 13.2. The first-order chi connectivity index (χ1) is 14.4. The van der Waals surface area contributed by atoms with E-state index in [0.29, 0.717) is 43.2 Å². The highest BCUT2D eigenvalue weighted by molar-refractivity contribution is 7.92. The lowest BCUT2D eigenvalue weighted by molar-refractivity contribution is 0.0699. The average molecular weight is 426 g/mol. The molecule has 2 aliphatic rings. The lowest BCUT2D eigenvalue weighted by atomic mass is 9.97. The van der Waals surface area contributed by atoms with E-state index in [0.717, 1.165) is 29.5 Å². The van der Waals surface area contributed by atoms with Crippen LogP contribution in [0.1, 0.15) is 40.6 Å². The number of para-hydroxylation sites is 2. The summed E-state index contributed by atoms with van der Waals surface area (Å²) in [7, 11) is -3.30. The van der Waals surface area contributed by atoms with E-state index < -0.39 is 10.0 Å². The molecule has 1 amide bonds. The fourth-order valence-corrected chi connectivity index (χ4v) is 5.42. The fourth-order valence-electron chi connectivity index (χ4n) is 4.46. The summed E-state index contributed by atoms with van der Waals surface area (Å²) in [6.07, 6.45) is 3.65. The Labute approximate surface area is 175 Å². The Morgan fingerprint density at radius 2 is 2.00 bits per heavy atom. The number of oxazole rings is 1. The van der Waals surface area contributed by atoms with E-state index >= 15 is 0 Å². The number of fused-ring (bicyclic) bond motifs is 2. The number of piperidine rings is 1. The molecule has 2 aliphatic heterocycles. The molecule has 156 valence electrons. The SMILES string of the molecule is CS(=O)(=O)N1CCc2cc(C(=O)N3CCCC(c4nc5ccccc5o4)C3)ccc21. The Balaban J connectivity index is 1.36. The van der Waals surface area contributed by atoms with Crippen LogP contribution in [0.5, 0.6) is 0 Å². The Bertz CT molecular complexity index is 1200. The Morgan fingerprint density at radius 1 is 1.17 bits per heavy atom. The summed E-state index contributed by atoms with van der Waals surface area (Å²) in [5.41, 5.74) is 3.79. The molecule has 1 unspecified atom stereocenters. The molecule has 30 heavy (non-hydrogen) atoms. The highest BCUT2D eigenvalue weighted by Gasteiger charge is 2.31. The van der Waals surface area contributed by atoms with E-state index in [2.05, 4.69) is 4.98 Å². The van der Waals surface area contributed by atoms with Crippen LogP contribution < -0.4 is 4.31 Å². The summed E-state index contributed by atoms with van der Waals surface area (Å²) >= 11 is 0. The summed E-state index contributed by atoms with van der Waals surface area (Å²) in [6, 6.07) is 13.0. The van der Waals surface area contributed by atoms with Gasteiger partial charge in [-0.3, -0.25) is 9.10 Å². The molecular formula is C22H23N3O4S. The molecule has 3 heterocycles. The van der Waals surface area contributed by atoms with Crippen LogP contribution in [0.4, 0.5) is 5.69 Å². The van der Waals surface area contributed by atoms with E-state index in [4.69, 9.17) is 4.42 Å². The molecule has 7 nitrogen and oxygen atoms in total. The molecule has 0 radical (unpaired) electrons. The molecule has 0 aliphatic carbocycles. The van der Waals surface area contributed by atoms with Gasteiger partial charge in [-0.1, -0.05) is 12.1 Å². The van der Waals surface area contributed by atoms with Crippen molar-refractivity contribution in [1.29, 1.82) is 0 Å². The standard InChI is InChI=1S/C22H23N3O4S/c1-30(27,28)25-12-10-15-13-16(8-9-19(15)25)22(26)24-11-4-5-17(14-24)21-23-18-6-2-3-7-20(18)29-21/h2-3,6-9,13,17H,4-5,10-12,14H2,1H3. The Kier molecular flexibility index (Phi) is 4.54. The topological polar surface area (TPSA) is 83.7 Å². The molecule has 8 heteroatoms. The predicted molar refractivity (Wildman–Crippen MR) is 114 cm³/mol. The third kappa shape index (κ3) is 3.35. The minimum Gasteiger partial charge on any atom is -0.440 e. The van der Waals surface area contributed by atoms with E-state index in [9.17, 15) is 13.2 Å². The summed E-state index contributed by atoms with van der Waals surface area (Å²) < 4.78 is 31.2. The predicted octanol–water partition coefficient (Wildman–Crippen LogP) is 3.17. The number of carbonyl (C=O) groups excluding carboxylic acids is 1. The quantitative estimate of drug-likeness (QED) is 0.644. The highest BCUT2D eigenvalue weighted by atomic mass is 32.2. The number of carbonyl (C=O) groups is 1. The number of nitrogens with zero attached hydrogens (tertiary/aromatic N) is 3. The number of aromatic nitrogens is 1. The molecule has 0 N–H and O–H groups in total. The van der Waals surface area contributed by atoms with Gasteiger partial charge in [-0.2, -0.15) is 0 Å². The van der Waals surface area contributed by atoms with E-state index in [1.54, 1.807) is 12.1 Å². The summed E-state index contributed by atoms with van der Waals surface area (Å²) in [5.74, 6) is 0.730. The largest absolute Gasteiger partial charge is 0.440 e. The van der Waals surface area contributed by atoms with Crippen molar-refractivity contribution in [1.82, 2.24) is 9.88 Å². The molecule has 0 spiro atoms. The molecular weight excluding hydrogens is 402 g/mol. The third-order valence-electron chi connectivity index (χ3n) is 5.95. The first-order valence-corrected chi connectivity index (χ1v) is 12.0. The molecule has 1 fully saturated rings. The van der Waals surface area contributed by atoms with Crippen molar-refractivity contribution >= 4 is 32.7 Å². The molecule has 0 bridgehead atoms. The van der Waals surface area contributed by atoms with E-state index in [1.165, 1.54) is 10.6 Å². The lowest BCUT2D eigenvalue weighted by Crippen LogP contribution is -2.39. The van der Waals surface area contributed by atoms with Crippen molar-refractivity contribution in [2.24, 2.45) is 0 Å². The van der Waals surface area contributed by atoms with Crippen LogP contribution in [0.3, 0.4) is 0 Å². The second-order valence-electron chi connectivity index (χ2n) is 8.04. The van der Waals surface area contributed by atoms with Gasteiger partial charge in [0.2, 0.25) is 10.0 Å². The molecule has 2 aromatic carbocycles. The minimum atomic E-state index is -3.30. The molecule has 1 saturated heterocycles. The van der Waals surface area contributed by atoms with E-state index in [-0.39, 0.29) is 11.8 Å². The number of hydrogen-bond acceptors (Lipinski definition) is 5. The van der Waals surface area contributed by atoms with Gasteiger partial charge in [0, 0.05) is 25.2 Å². The number of benzene rings is 2. The first-order valence-electron chi connectivity index (χ1n) is 10.2. The smallest absolute Gasteiger partial charge is 0.253 e. The monoisotopic (exact) mass is 425 g/mol. The van der Waals surface area contributed by atoms with Gasteiger partial charge >= 0.3 is 0 Å². The second-order valence-corrected chi connectivity index (χ2v) is 9.95. The maximum Gasteiger partial charge on any atom is 0.253 e. The number of sulfonamides is 1. The van der Waals surface area contributed by atoms with Crippen LogP contribution in [0.2, 0.25) is 0 Å². The van der Waals surface area contributed by atoms with Gasteiger partial charge in [0.1, 0.15) is 5.52 Å². The zero-order valence-corrected chi connectivity index (χ0v) is 17.6. The van der Waals surface area contributed by atoms with Gasteiger partial charge in [0.05, 0.1) is 17.9 Å². The molecule has 1 atom stereocenters. The highest BCUT2D eigenvalue weighted by Crippen LogP contribution is 2.33. The van der Waals surface area contributed by atoms with Gasteiger partial charge < -0.3 is 9.32 Å². The number of rotatable bonds is 3. The normalized spacial score (nSPS) is 19.3. The van der Waals surface area contributed by atoms with Crippen molar-refractivity contribution in [3.8, 4) is 0 Å². The number of hydrogen-bond donors (Lipinski definition) is 0. The maximum atomic E-state index is 13.2. The second kappa shape index (κ2) is 7.12. The van der Waals surface area contributed by atoms with Gasteiger partial charge in [0.15, 0.2) is 11.5 Å². The fraction of sp³-hybridized carbons (Fsp3) is 0.364. The molecule has 0 saturated carbocycles. The molecule has 1 aromatic heterocycles. The zero-order valence-electron chi connectivity index (χ0n) is 16.7. The van der Waals surface area contributed by atoms with Crippen LogP contribution in [-0.4, -0.2) is 50.1 Å². The molecule has 5 rings (SSSR count). The average Bonchev–Trinajstić information content (AvgIpc) is 3.36. The van der Waals surface area contributed by atoms with Crippen molar-refractivity contribution in [2.75, 3.05) is 30.2 Å². The summed E-state index contributed by atoms with van der Waals surface area (Å²) in [5, 5.41) is 0. The van der Waals surface area contributed by atoms with Crippen molar-refractivity contribution in [2.45, 2.75) is 25.2 Å². The van der Waals surface area contributed by atoms with E-state index in [1.807, 2.05) is 35.2 Å². The number of anilines is 1. The van der Waals surface area contributed by atoms with Crippen LogP contribution >= 0.6 is 0 Å². The number of amides is 1. The minimum absolute atomic E-state index is 0.0311. The van der Waals surface area contributed by atoms with Crippen LogP contribution in [0.15, 0.2) is 46.9 Å². The van der Waals surface area contributed by atoms with Gasteiger partial charge in [-0.05, 0) is 55.2 Å². The number of likely N-dealkylation sites (tertiary alicyclic amines) is 1. The third-order valence-corrected chi connectivity index (χ3v) is 7.13. The van der Waals surface area contributed by atoms with Crippen LogP contribution in [0.25, 0.3) is 11.1 Å². The zero-order chi connectivity index (χ0) is 20.9. The summed E-state index contributed by atoms with van der Waals surface area (Å²) in [6.45, 7) is 1.69. The van der Waals surface area contributed by atoms with Crippen LogP contribution in [0, 0.1) is 0 Å². The van der Waals surface area contributed by atoms with Crippen molar-refractivity contribution in [3.05, 3.63) is 59.5 Å². The first kappa shape index (κ1) is 19.1. The van der Waals surface area contributed by atoms with Crippen LogP contribution in [-0.2, 0) is 16.4 Å². The van der Waals surface area contributed by atoms with Gasteiger partial charge in [0.25, 0.3) is 5.91 Å².